The van der Waals surface area contributed by atoms with Crippen molar-refractivity contribution in [2.45, 2.75) is 39.3 Å². The third-order valence-corrected chi connectivity index (χ3v) is 6.03. The zero-order chi connectivity index (χ0) is 24.1. The van der Waals surface area contributed by atoms with Gasteiger partial charge < -0.3 is 10.2 Å². The van der Waals surface area contributed by atoms with Gasteiger partial charge in [-0.15, -0.1) is 0 Å². The Morgan fingerprint density at radius 3 is 2.65 bits per heavy atom. The van der Waals surface area contributed by atoms with Crippen LogP contribution < -0.4 is 5.32 Å². The minimum atomic E-state index is -0.155. The van der Waals surface area contributed by atoms with E-state index in [0.717, 1.165) is 16.9 Å². The third-order valence-electron chi connectivity index (χ3n) is 6.03. The fraction of sp³-hybridized carbons (Fsp3) is 0.308. The Hall–Kier alpha value is -3.94. The number of aromatic nitrogens is 4. The lowest BCUT2D eigenvalue weighted by Crippen LogP contribution is -2.41. The first-order valence-corrected chi connectivity index (χ1v) is 11.5. The van der Waals surface area contributed by atoms with Gasteiger partial charge in [-0.1, -0.05) is 36.4 Å². The number of nitrogens with zero attached hydrogens (tertiary/aromatic N) is 5. The Kier molecular flexibility index (Phi) is 7.06. The molecule has 1 aromatic carbocycles. The summed E-state index contributed by atoms with van der Waals surface area (Å²) in [6.07, 6.45) is 4.78. The minimum absolute atomic E-state index is 0.0875. The average molecular weight is 459 g/mol. The van der Waals surface area contributed by atoms with Crippen molar-refractivity contribution in [2.75, 3.05) is 13.6 Å². The summed E-state index contributed by atoms with van der Waals surface area (Å²) in [6, 6.07) is 17.3. The van der Waals surface area contributed by atoms with Crippen LogP contribution in [0, 0.1) is 6.92 Å². The van der Waals surface area contributed by atoms with Gasteiger partial charge in [-0.2, -0.15) is 5.10 Å². The Bertz CT molecular complexity index is 1280. The van der Waals surface area contributed by atoms with Crippen molar-refractivity contribution in [2.24, 2.45) is 0 Å². The van der Waals surface area contributed by atoms with E-state index in [2.05, 4.69) is 27.5 Å². The molecule has 0 bridgehead atoms. The smallest absolute Gasteiger partial charge is 0.270 e. The van der Waals surface area contributed by atoms with Crippen LogP contribution in [0.1, 0.15) is 45.6 Å². The Morgan fingerprint density at radius 1 is 1.09 bits per heavy atom. The molecule has 0 aliphatic rings. The van der Waals surface area contributed by atoms with E-state index in [-0.39, 0.29) is 17.9 Å². The van der Waals surface area contributed by atoms with E-state index in [1.165, 1.54) is 0 Å². The number of hydrogen-bond donors (Lipinski definition) is 1. The van der Waals surface area contributed by atoms with Crippen LogP contribution in [-0.4, -0.2) is 55.5 Å². The fourth-order valence-electron chi connectivity index (χ4n) is 4.20. The number of imidazole rings is 1. The standard InChI is InChI=1S/C26H30N6O2/c1-4-32-23(17-19(2)29-32)25(33)28-14-13-21(18-20-9-6-5-7-10-20)30(3)26(34)22-11-8-12-24-27-15-16-31(22)24/h5-12,15-17,21H,4,13-14,18H2,1-3H3,(H,28,33)/t21-/m1/s1. The van der Waals surface area contributed by atoms with Gasteiger partial charge in [0.05, 0.1) is 5.69 Å². The van der Waals surface area contributed by atoms with Crippen molar-refractivity contribution >= 4 is 17.5 Å². The van der Waals surface area contributed by atoms with E-state index in [4.69, 9.17) is 0 Å². The van der Waals surface area contributed by atoms with Gasteiger partial charge in [0.1, 0.15) is 17.0 Å². The maximum atomic E-state index is 13.5. The van der Waals surface area contributed by atoms with E-state index >= 15 is 0 Å². The Balaban J connectivity index is 1.50. The summed E-state index contributed by atoms with van der Waals surface area (Å²) in [5.74, 6) is -0.242. The molecule has 0 aliphatic carbocycles. The predicted octanol–water partition coefficient (Wildman–Crippen LogP) is 3.36. The lowest BCUT2D eigenvalue weighted by Gasteiger charge is -2.29. The monoisotopic (exact) mass is 458 g/mol. The summed E-state index contributed by atoms with van der Waals surface area (Å²) in [7, 11) is 1.82. The van der Waals surface area contributed by atoms with Gasteiger partial charge in [-0.05, 0) is 50.5 Å². The molecule has 0 saturated heterocycles. The molecule has 176 valence electrons. The summed E-state index contributed by atoms with van der Waals surface area (Å²) >= 11 is 0. The van der Waals surface area contributed by atoms with Crippen LogP contribution in [0.2, 0.25) is 0 Å². The SMILES string of the molecule is CCn1nc(C)cc1C(=O)NCC[C@H](Cc1ccccc1)N(C)C(=O)c1cccc2nccn12. The Morgan fingerprint density at radius 2 is 1.88 bits per heavy atom. The van der Waals surface area contributed by atoms with E-state index in [1.807, 2.05) is 57.3 Å². The summed E-state index contributed by atoms with van der Waals surface area (Å²) in [6.45, 7) is 4.90. The third kappa shape index (κ3) is 5.01. The van der Waals surface area contributed by atoms with Crippen LogP contribution in [0.3, 0.4) is 0 Å². The molecular weight excluding hydrogens is 428 g/mol. The molecule has 0 radical (unpaired) electrons. The van der Waals surface area contributed by atoms with Crippen LogP contribution in [0.5, 0.6) is 0 Å². The van der Waals surface area contributed by atoms with E-state index < -0.39 is 0 Å². The molecule has 3 heterocycles. The predicted molar refractivity (Wildman–Crippen MR) is 131 cm³/mol. The van der Waals surface area contributed by atoms with Gasteiger partial charge in [0.2, 0.25) is 0 Å². The summed E-state index contributed by atoms with van der Waals surface area (Å²) < 4.78 is 3.50. The topological polar surface area (TPSA) is 84.5 Å². The molecular formula is C26H30N6O2. The molecule has 2 amide bonds. The van der Waals surface area contributed by atoms with Gasteiger partial charge in [-0.25, -0.2) is 4.98 Å². The lowest BCUT2D eigenvalue weighted by molar-refractivity contribution is 0.0715. The van der Waals surface area contributed by atoms with Crippen molar-refractivity contribution < 1.29 is 9.59 Å². The molecule has 1 atom stereocenters. The second kappa shape index (κ2) is 10.3. The average Bonchev–Trinajstić information content (AvgIpc) is 3.49. The number of amides is 2. The van der Waals surface area contributed by atoms with Gasteiger partial charge >= 0.3 is 0 Å². The van der Waals surface area contributed by atoms with Gasteiger partial charge in [0, 0.05) is 38.6 Å². The number of carbonyl (C=O) groups excluding carboxylic acids is 2. The summed E-state index contributed by atoms with van der Waals surface area (Å²) in [4.78, 5) is 32.3. The number of likely N-dealkylation sites (N-methyl/N-ethyl adjacent to an activating group) is 1. The van der Waals surface area contributed by atoms with Crippen LogP contribution in [0.15, 0.2) is 67.0 Å². The van der Waals surface area contributed by atoms with Crippen LogP contribution in [0.4, 0.5) is 0 Å². The second-order valence-electron chi connectivity index (χ2n) is 8.36. The molecule has 0 saturated carbocycles. The number of rotatable bonds is 9. The van der Waals surface area contributed by atoms with E-state index in [1.54, 1.807) is 32.4 Å². The molecule has 4 rings (SSSR count). The molecule has 0 spiro atoms. The highest BCUT2D eigenvalue weighted by atomic mass is 16.2. The summed E-state index contributed by atoms with van der Waals surface area (Å²) in [5, 5.41) is 7.36. The van der Waals surface area contributed by atoms with E-state index in [0.29, 0.717) is 37.3 Å². The molecule has 0 aliphatic heterocycles. The number of pyridine rings is 1. The second-order valence-corrected chi connectivity index (χ2v) is 8.36. The first kappa shape index (κ1) is 23.2. The lowest BCUT2D eigenvalue weighted by atomic mass is 10.0. The van der Waals surface area contributed by atoms with Gasteiger partial charge in [-0.3, -0.25) is 18.7 Å². The Labute approximate surface area is 199 Å². The normalized spacial score (nSPS) is 12.0. The molecule has 8 heteroatoms. The maximum absolute atomic E-state index is 13.5. The zero-order valence-corrected chi connectivity index (χ0v) is 19.8. The van der Waals surface area contributed by atoms with Crippen molar-refractivity contribution in [3.05, 3.63) is 89.6 Å². The highest BCUT2D eigenvalue weighted by molar-refractivity contribution is 5.93. The molecule has 34 heavy (non-hydrogen) atoms. The highest BCUT2D eigenvalue weighted by Crippen LogP contribution is 2.16. The maximum Gasteiger partial charge on any atom is 0.270 e. The van der Waals surface area contributed by atoms with Crippen molar-refractivity contribution in [3.8, 4) is 0 Å². The van der Waals surface area contributed by atoms with Crippen molar-refractivity contribution in [1.82, 2.24) is 29.4 Å². The molecule has 4 aromatic rings. The quantitative estimate of drug-likeness (QED) is 0.417. The highest BCUT2D eigenvalue weighted by Gasteiger charge is 2.24. The molecule has 0 fully saturated rings. The number of nitrogens with one attached hydrogen (secondary N) is 1. The van der Waals surface area contributed by atoms with Crippen molar-refractivity contribution in [1.29, 1.82) is 0 Å². The number of carbonyl (C=O) groups is 2. The number of fused-ring (bicyclic) bond motifs is 1. The molecule has 0 unspecified atom stereocenters. The largest absolute Gasteiger partial charge is 0.351 e. The molecule has 3 aromatic heterocycles. The number of aryl methyl sites for hydroxylation is 2. The summed E-state index contributed by atoms with van der Waals surface area (Å²) in [5.41, 5.74) is 3.79. The zero-order valence-electron chi connectivity index (χ0n) is 19.8. The van der Waals surface area contributed by atoms with Gasteiger partial charge in [0.25, 0.3) is 11.8 Å². The van der Waals surface area contributed by atoms with Crippen LogP contribution in [0.25, 0.3) is 5.65 Å². The first-order valence-electron chi connectivity index (χ1n) is 11.5. The van der Waals surface area contributed by atoms with E-state index in [9.17, 15) is 9.59 Å². The fourth-order valence-corrected chi connectivity index (χ4v) is 4.20. The molecule has 1 N–H and O–H groups in total. The van der Waals surface area contributed by atoms with Gasteiger partial charge in [0.15, 0.2) is 0 Å². The first-order chi connectivity index (χ1) is 16.5. The molecule has 8 nitrogen and oxygen atoms in total. The van der Waals surface area contributed by atoms with Crippen LogP contribution >= 0.6 is 0 Å². The van der Waals surface area contributed by atoms with Crippen LogP contribution in [-0.2, 0) is 13.0 Å². The minimum Gasteiger partial charge on any atom is -0.351 e. The van der Waals surface area contributed by atoms with Crippen molar-refractivity contribution in [3.63, 3.8) is 0 Å². The number of benzene rings is 1. The number of hydrogen-bond acceptors (Lipinski definition) is 4.